The molecular weight excluding hydrogens is 666 g/mol. The van der Waals surface area contributed by atoms with E-state index < -0.39 is 11.7 Å². The fourth-order valence-electron chi connectivity index (χ4n) is 4.74. The molecule has 52 heavy (non-hydrogen) atoms. The number of hydrogen-bond acceptors (Lipinski definition) is 10. The molecule has 0 bridgehead atoms. The predicted molar refractivity (Wildman–Crippen MR) is 209 cm³/mol. The molecule has 13 heteroatoms. The Morgan fingerprint density at radius 1 is 0.673 bits per heavy atom. The van der Waals surface area contributed by atoms with Crippen LogP contribution >= 0.6 is 0 Å². The van der Waals surface area contributed by atoms with E-state index in [1.807, 2.05) is 54.5 Å². The van der Waals surface area contributed by atoms with Gasteiger partial charge in [-0.1, -0.05) is 32.3 Å². The van der Waals surface area contributed by atoms with E-state index in [1.165, 1.54) is 6.92 Å². The second-order valence-corrected chi connectivity index (χ2v) is 14.8. The lowest BCUT2D eigenvalue weighted by Gasteiger charge is -2.22. The third-order valence-corrected chi connectivity index (χ3v) is 7.16. The van der Waals surface area contributed by atoms with E-state index in [0.717, 1.165) is 76.3 Å². The lowest BCUT2D eigenvalue weighted by atomic mass is 10.1. The molecule has 6 N–H and O–H groups in total. The molecular formula is C39H77N5O8. The largest absolute Gasteiger partial charge is 0.460 e. The highest BCUT2D eigenvalue weighted by molar-refractivity contribution is 5.82. The van der Waals surface area contributed by atoms with Gasteiger partial charge < -0.3 is 45.9 Å². The van der Waals surface area contributed by atoms with Crippen molar-refractivity contribution >= 4 is 23.9 Å². The Morgan fingerprint density at radius 2 is 1.25 bits per heavy atom. The molecule has 0 aliphatic heterocycles. The van der Waals surface area contributed by atoms with Crippen molar-refractivity contribution < 1.29 is 38.1 Å². The molecule has 0 saturated heterocycles. The standard InChI is InChI=1S/C33H65N5O6.C6H12O2/c1-6-8-10-19-30(39)35-21-14-15-22-36-31(40)29(18-12-13-23-37-32(41)44-33(3,4)5)38-28(7-2)17-11-9-16-24-42-26-27-43-25-20-34;1-5(7)8-6(2,3)4/h7,29,38H,6,8-27,34H2,1-5H3,(H,35,39)(H,36,40)(H,37,41);1-4H3/b28-7+;. The van der Waals surface area contributed by atoms with Crippen LogP contribution in [0.1, 0.15) is 146 Å². The van der Waals surface area contributed by atoms with E-state index in [4.69, 9.17) is 24.7 Å². The minimum atomic E-state index is -0.535. The van der Waals surface area contributed by atoms with Gasteiger partial charge in [0.15, 0.2) is 0 Å². The number of amides is 3. The van der Waals surface area contributed by atoms with E-state index >= 15 is 0 Å². The van der Waals surface area contributed by atoms with Crippen LogP contribution in [0.5, 0.6) is 0 Å². The summed E-state index contributed by atoms with van der Waals surface area (Å²) in [4.78, 5) is 47.2. The number of alkyl carbamates (subject to hydrolysis) is 1. The molecule has 0 aromatic rings. The zero-order valence-electron chi connectivity index (χ0n) is 34.3. The number of esters is 1. The lowest BCUT2D eigenvalue weighted by molar-refractivity contribution is -0.151. The Labute approximate surface area is 316 Å². The van der Waals surface area contributed by atoms with E-state index in [1.54, 1.807) is 0 Å². The van der Waals surface area contributed by atoms with Gasteiger partial charge in [-0.25, -0.2) is 4.79 Å². The molecule has 0 aromatic carbocycles. The van der Waals surface area contributed by atoms with Gasteiger partial charge in [-0.15, -0.1) is 0 Å². The first kappa shape index (κ1) is 51.2. The molecule has 306 valence electrons. The van der Waals surface area contributed by atoms with Gasteiger partial charge in [-0.3, -0.25) is 14.4 Å². The van der Waals surface area contributed by atoms with Crippen LogP contribution in [0.15, 0.2) is 11.8 Å². The second-order valence-electron chi connectivity index (χ2n) is 14.8. The van der Waals surface area contributed by atoms with Crippen LogP contribution in [0.3, 0.4) is 0 Å². The second kappa shape index (κ2) is 32.7. The zero-order valence-corrected chi connectivity index (χ0v) is 34.3. The van der Waals surface area contributed by atoms with Crippen LogP contribution in [-0.4, -0.2) is 93.7 Å². The first-order chi connectivity index (χ1) is 24.5. The van der Waals surface area contributed by atoms with Crippen LogP contribution in [0.2, 0.25) is 0 Å². The van der Waals surface area contributed by atoms with Gasteiger partial charge in [0, 0.05) is 51.8 Å². The number of nitrogens with two attached hydrogens (primary N) is 1. The molecule has 13 nitrogen and oxygen atoms in total. The van der Waals surface area contributed by atoms with Crippen molar-refractivity contribution in [2.24, 2.45) is 5.73 Å². The molecule has 0 aliphatic rings. The van der Waals surface area contributed by atoms with E-state index in [2.05, 4.69) is 28.2 Å². The summed E-state index contributed by atoms with van der Waals surface area (Å²) < 4.78 is 21.0. The van der Waals surface area contributed by atoms with Gasteiger partial charge >= 0.3 is 12.1 Å². The summed E-state index contributed by atoms with van der Waals surface area (Å²) >= 11 is 0. The SMILES string of the molecule is C/C=C(\CCCCCOCCOCCN)NC(CCCCNC(=O)OC(C)(C)C)C(=O)NCCCCNC(=O)CCCCC.CC(=O)OC(C)(C)C. The Balaban J connectivity index is 0. The number of carbonyl (C=O) groups excluding carboxylic acids is 4. The highest BCUT2D eigenvalue weighted by Gasteiger charge is 2.19. The summed E-state index contributed by atoms with van der Waals surface area (Å²) in [5.41, 5.74) is 5.59. The molecule has 1 unspecified atom stereocenters. The van der Waals surface area contributed by atoms with Crippen LogP contribution in [-0.2, 0) is 33.3 Å². The first-order valence-corrected chi connectivity index (χ1v) is 19.5. The fraction of sp³-hybridized carbons (Fsp3) is 0.846. The topological polar surface area (TPSA) is 179 Å². The molecule has 0 saturated carbocycles. The number of nitrogens with one attached hydrogen (secondary N) is 4. The van der Waals surface area contributed by atoms with Gasteiger partial charge in [0.05, 0.1) is 19.8 Å². The summed E-state index contributed by atoms with van der Waals surface area (Å²) in [6.07, 6.45) is 12.9. The molecule has 0 radical (unpaired) electrons. The van der Waals surface area contributed by atoms with E-state index in [9.17, 15) is 19.2 Å². The highest BCUT2D eigenvalue weighted by Crippen LogP contribution is 2.12. The molecule has 0 aromatic heterocycles. The van der Waals surface area contributed by atoms with E-state index in [0.29, 0.717) is 65.4 Å². The van der Waals surface area contributed by atoms with Crippen molar-refractivity contribution in [3.05, 3.63) is 11.8 Å². The summed E-state index contributed by atoms with van der Waals surface area (Å²) in [6.45, 7) is 21.2. The Morgan fingerprint density at radius 3 is 1.81 bits per heavy atom. The maximum Gasteiger partial charge on any atom is 0.407 e. The summed E-state index contributed by atoms with van der Waals surface area (Å²) in [5.74, 6) is -0.150. The van der Waals surface area contributed by atoms with Crippen LogP contribution in [0, 0.1) is 0 Å². The number of ether oxygens (including phenoxy) is 4. The van der Waals surface area contributed by atoms with Crippen LogP contribution < -0.4 is 27.0 Å². The maximum absolute atomic E-state index is 13.2. The third kappa shape index (κ3) is 38.3. The number of rotatable bonds is 28. The number of hydrogen-bond donors (Lipinski definition) is 5. The van der Waals surface area contributed by atoms with Crippen molar-refractivity contribution in [2.45, 2.75) is 163 Å². The van der Waals surface area contributed by atoms with Gasteiger partial charge in [0.1, 0.15) is 17.2 Å². The van der Waals surface area contributed by atoms with Gasteiger partial charge in [-0.05, 0) is 106 Å². The minimum absolute atomic E-state index is 0.0293. The van der Waals surface area contributed by atoms with Crippen molar-refractivity contribution in [1.29, 1.82) is 0 Å². The summed E-state index contributed by atoms with van der Waals surface area (Å²) in [5, 5.41) is 12.3. The van der Waals surface area contributed by atoms with Gasteiger partial charge in [-0.2, -0.15) is 0 Å². The minimum Gasteiger partial charge on any atom is -0.460 e. The van der Waals surface area contributed by atoms with Crippen molar-refractivity contribution in [1.82, 2.24) is 21.3 Å². The van der Waals surface area contributed by atoms with Gasteiger partial charge in [0.25, 0.3) is 0 Å². The van der Waals surface area contributed by atoms with Crippen molar-refractivity contribution in [3.63, 3.8) is 0 Å². The monoisotopic (exact) mass is 744 g/mol. The summed E-state index contributed by atoms with van der Waals surface area (Å²) in [7, 11) is 0. The molecule has 1 atom stereocenters. The molecule has 0 rings (SSSR count). The smallest absolute Gasteiger partial charge is 0.407 e. The third-order valence-electron chi connectivity index (χ3n) is 7.16. The average Bonchev–Trinajstić information content (AvgIpc) is 3.03. The lowest BCUT2D eigenvalue weighted by Crippen LogP contribution is -2.44. The average molecular weight is 744 g/mol. The Bertz CT molecular complexity index is 963. The molecule has 0 spiro atoms. The summed E-state index contributed by atoms with van der Waals surface area (Å²) in [6, 6.07) is -0.363. The number of carbonyl (C=O) groups is 4. The Hall–Kier alpha value is -2.90. The quantitative estimate of drug-likeness (QED) is 0.0469. The maximum atomic E-state index is 13.2. The Kier molecular flexibility index (Phi) is 32.2. The number of allylic oxidation sites excluding steroid dienone is 2. The first-order valence-electron chi connectivity index (χ1n) is 19.5. The van der Waals surface area contributed by atoms with Crippen molar-refractivity contribution in [2.75, 3.05) is 52.6 Å². The molecule has 0 heterocycles. The van der Waals surface area contributed by atoms with Crippen LogP contribution in [0.4, 0.5) is 4.79 Å². The van der Waals surface area contributed by atoms with Gasteiger partial charge in [0.2, 0.25) is 11.8 Å². The van der Waals surface area contributed by atoms with Crippen LogP contribution in [0.25, 0.3) is 0 Å². The predicted octanol–water partition coefficient (Wildman–Crippen LogP) is 6.04. The molecule has 0 aliphatic carbocycles. The normalized spacial score (nSPS) is 12.2. The molecule has 0 fully saturated rings. The van der Waals surface area contributed by atoms with E-state index in [-0.39, 0.29) is 29.4 Å². The zero-order chi connectivity index (χ0) is 39.7. The fourth-order valence-corrected chi connectivity index (χ4v) is 4.74. The van der Waals surface area contributed by atoms with Crippen molar-refractivity contribution in [3.8, 4) is 0 Å². The number of unbranched alkanes of at least 4 members (excludes halogenated alkanes) is 6. The highest BCUT2D eigenvalue weighted by atomic mass is 16.6. The molecule has 3 amide bonds.